The van der Waals surface area contributed by atoms with Crippen LogP contribution in [-0.4, -0.2) is 29.4 Å². The van der Waals surface area contributed by atoms with Gasteiger partial charge in [0.15, 0.2) is 5.78 Å². The Morgan fingerprint density at radius 1 is 1.33 bits per heavy atom. The van der Waals surface area contributed by atoms with Gasteiger partial charge >= 0.3 is 5.97 Å². The fraction of sp³-hybridized carbons (Fsp3) is 0.429. The van der Waals surface area contributed by atoms with Crippen LogP contribution in [-0.2, 0) is 4.79 Å². The van der Waals surface area contributed by atoms with Crippen molar-refractivity contribution in [2.24, 2.45) is 0 Å². The Kier molecular flexibility index (Phi) is 4.89. The quantitative estimate of drug-likeness (QED) is 0.787. The van der Waals surface area contributed by atoms with E-state index in [9.17, 15) is 9.59 Å². The molecular weight excluding hydrogens is 230 g/mol. The van der Waals surface area contributed by atoms with Crippen LogP contribution in [0.25, 0.3) is 0 Å². The zero-order valence-corrected chi connectivity index (χ0v) is 11.0. The molecule has 0 aliphatic carbocycles. The summed E-state index contributed by atoms with van der Waals surface area (Å²) < 4.78 is 0. The molecule has 4 nitrogen and oxygen atoms in total. The summed E-state index contributed by atoms with van der Waals surface area (Å²) in [7, 11) is 0. The van der Waals surface area contributed by atoms with Crippen molar-refractivity contribution < 1.29 is 14.7 Å². The van der Waals surface area contributed by atoms with Gasteiger partial charge in [-0.15, -0.1) is 0 Å². The van der Waals surface area contributed by atoms with Crippen LogP contribution in [0.1, 0.15) is 37.6 Å². The summed E-state index contributed by atoms with van der Waals surface area (Å²) in [6.07, 6.45) is 0.0858. The number of ketones is 1. The van der Waals surface area contributed by atoms with E-state index in [0.29, 0.717) is 12.1 Å². The molecule has 0 heterocycles. The lowest BCUT2D eigenvalue weighted by atomic mass is 10.1. The van der Waals surface area contributed by atoms with Gasteiger partial charge in [0.2, 0.25) is 0 Å². The van der Waals surface area contributed by atoms with Gasteiger partial charge in [0, 0.05) is 23.8 Å². The number of Topliss-reactive ketones (excluding diaryl/α,β-unsaturated/α-hetero) is 1. The molecule has 0 aliphatic rings. The predicted octanol–water partition coefficient (Wildman–Crippen LogP) is 2.58. The molecule has 0 bridgehead atoms. The van der Waals surface area contributed by atoms with Crippen molar-refractivity contribution in [3.8, 4) is 0 Å². The molecule has 1 rings (SSSR count). The Balaban J connectivity index is 2.94. The van der Waals surface area contributed by atoms with E-state index in [1.165, 1.54) is 6.92 Å². The molecule has 0 radical (unpaired) electrons. The third kappa shape index (κ3) is 3.87. The summed E-state index contributed by atoms with van der Waals surface area (Å²) in [5.41, 5.74) is 1.53. The van der Waals surface area contributed by atoms with Gasteiger partial charge in [-0.2, -0.15) is 0 Å². The number of hydrogen-bond donors (Lipinski definition) is 1. The van der Waals surface area contributed by atoms with Gasteiger partial charge in [0.05, 0.1) is 6.42 Å². The molecule has 0 fully saturated rings. The average Bonchev–Trinajstić information content (AvgIpc) is 2.28. The van der Waals surface area contributed by atoms with Crippen LogP contribution in [0.2, 0.25) is 0 Å². The minimum absolute atomic E-state index is 0.0128. The number of anilines is 1. The van der Waals surface area contributed by atoms with E-state index in [4.69, 9.17) is 5.11 Å². The Hall–Kier alpha value is -1.84. The molecule has 98 valence electrons. The summed E-state index contributed by atoms with van der Waals surface area (Å²) in [6.45, 7) is 5.97. The summed E-state index contributed by atoms with van der Waals surface area (Å²) in [5, 5.41) is 8.75. The van der Waals surface area contributed by atoms with E-state index < -0.39 is 5.97 Å². The summed E-state index contributed by atoms with van der Waals surface area (Å²) in [4.78, 5) is 24.0. The topological polar surface area (TPSA) is 57.6 Å². The highest BCUT2D eigenvalue weighted by Crippen LogP contribution is 2.19. The highest BCUT2D eigenvalue weighted by atomic mass is 16.4. The zero-order valence-electron chi connectivity index (χ0n) is 11.0. The van der Waals surface area contributed by atoms with Crippen LogP contribution in [0.5, 0.6) is 0 Å². The molecule has 0 unspecified atom stereocenters. The Labute approximate surface area is 107 Å². The minimum atomic E-state index is -0.816. The molecule has 0 aliphatic heterocycles. The maximum absolute atomic E-state index is 11.3. The molecule has 1 aromatic carbocycles. The van der Waals surface area contributed by atoms with Crippen LogP contribution in [0.3, 0.4) is 0 Å². The van der Waals surface area contributed by atoms with Crippen LogP contribution in [0, 0.1) is 0 Å². The van der Waals surface area contributed by atoms with Crippen molar-refractivity contribution in [2.45, 2.75) is 33.2 Å². The standard InChI is InChI=1S/C14H19NO3/c1-10(2)15(8-7-14(17)18)13-6-4-5-12(9-13)11(3)16/h4-6,9-10H,7-8H2,1-3H3,(H,17,18). The van der Waals surface area contributed by atoms with Crippen molar-refractivity contribution in [2.75, 3.05) is 11.4 Å². The van der Waals surface area contributed by atoms with E-state index in [2.05, 4.69) is 0 Å². The number of benzene rings is 1. The second-order valence-corrected chi connectivity index (χ2v) is 4.54. The maximum Gasteiger partial charge on any atom is 0.305 e. The third-order valence-electron chi connectivity index (χ3n) is 2.77. The van der Waals surface area contributed by atoms with Crippen molar-refractivity contribution >= 4 is 17.4 Å². The van der Waals surface area contributed by atoms with E-state index in [-0.39, 0.29) is 18.2 Å². The number of carbonyl (C=O) groups excluding carboxylic acids is 1. The summed E-state index contributed by atoms with van der Waals surface area (Å²) >= 11 is 0. The SMILES string of the molecule is CC(=O)c1cccc(N(CCC(=O)O)C(C)C)c1. The van der Waals surface area contributed by atoms with Crippen LogP contribution < -0.4 is 4.90 Å². The molecule has 0 atom stereocenters. The highest BCUT2D eigenvalue weighted by molar-refractivity contribution is 5.95. The van der Waals surface area contributed by atoms with Crippen molar-refractivity contribution in [3.63, 3.8) is 0 Å². The first-order valence-electron chi connectivity index (χ1n) is 6.01. The lowest BCUT2D eigenvalue weighted by Crippen LogP contribution is -2.32. The zero-order chi connectivity index (χ0) is 13.7. The van der Waals surface area contributed by atoms with Crippen molar-refractivity contribution in [1.82, 2.24) is 0 Å². The average molecular weight is 249 g/mol. The van der Waals surface area contributed by atoms with Gasteiger partial charge in [-0.3, -0.25) is 9.59 Å². The maximum atomic E-state index is 11.3. The first kappa shape index (κ1) is 14.2. The molecule has 4 heteroatoms. The Morgan fingerprint density at radius 3 is 2.50 bits per heavy atom. The van der Waals surface area contributed by atoms with Crippen molar-refractivity contribution in [3.05, 3.63) is 29.8 Å². The lowest BCUT2D eigenvalue weighted by Gasteiger charge is -2.28. The van der Waals surface area contributed by atoms with E-state index >= 15 is 0 Å². The second kappa shape index (κ2) is 6.19. The summed E-state index contributed by atoms with van der Waals surface area (Å²) in [5.74, 6) is -0.804. The van der Waals surface area contributed by atoms with Gasteiger partial charge in [-0.1, -0.05) is 12.1 Å². The predicted molar refractivity (Wildman–Crippen MR) is 71.2 cm³/mol. The first-order chi connectivity index (χ1) is 8.41. The van der Waals surface area contributed by atoms with E-state index in [1.54, 1.807) is 6.07 Å². The van der Waals surface area contributed by atoms with Gasteiger partial charge in [-0.25, -0.2) is 0 Å². The number of nitrogens with zero attached hydrogens (tertiary/aromatic N) is 1. The van der Waals surface area contributed by atoms with Gasteiger partial charge in [0.25, 0.3) is 0 Å². The smallest absolute Gasteiger partial charge is 0.305 e. The second-order valence-electron chi connectivity index (χ2n) is 4.54. The van der Waals surface area contributed by atoms with E-state index in [0.717, 1.165) is 5.69 Å². The number of carbonyl (C=O) groups is 2. The number of hydrogen-bond acceptors (Lipinski definition) is 3. The highest BCUT2D eigenvalue weighted by Gasteiger charge is 2.13. The monoisotopic (exact) mass is 249 g/mol. The fourth-order valence-electron chi connectivity index (χ4n) is 1.81. The first-order valence-corrected chi connectivity index (χ1v) is 6.01. The number of carboxylic acid groups (broad SMARTS) is 1. The molecule has 1 aromatic rings. The number of carboxylic acids is 1. The molecule has 0 saturated carbocycles. The molecule has 0 aromatic heterocycles. The molecular formula is C14H19NO3. The minimum Gasteiger partial charge on any atom is -0.481 e. The molecule has 1 N–H and O–H groups in total. The molecule has 0 spiro atoms. The molecule has 18 heavy (non-hydrogen) atoms. The molecule has 0 saturated heterocycles. The van der Waals surface area contributed by atoms with Crippen LogP contribution >= 0.6 is 0 Å². The normalized spacial score (nSPS) is 10.4. The molecule has 0 amide bonds. The van der Waals surface area contributed by atoms with Gasteiger partial charge < -0.3 is 10.0 Å². The lowest BCUT2D eigenvalue weighted by molar-refractivity contribution is -0.136. The van der Waals surface area contributed by atoms with E-state index in [1.807, 2.05) is 36.9 Å². The largest absolute Gasteiger partial charge is 0.481 e. The van der Waals surface area contributed by atoms with Gasteiger partial charge in [-0.05, 0) is 32.9 Å². The van der Waals surface area contributed by atoms with Crippen LogP contribution in [0.4, 0.5) is 5.69 Å². The number of rotatable bonds is 6. The number of aliphatic carboxylic acids is 1. The fourth-order valence-corrected chi connectivity index (χ4v) is 1.81. The summed E-state index contributed by atoms with van der Waals surface area (Å²) in [6, 6.07) is 7.48. The van der Waals surface area contributed by atoms with Crippen LogP contribution in [0.15, 0.2) is 24.3 Å². The Morgan fingerprint density at radius 2 is 2.00 bits per heavy atom. The van der Waals surface area contributed by atoms with Crippen molar-refractivity contribution in [1.29, 1.82) is 0 Å². The van der Waals surface area contributed by atoms with Gasteiger partial charge in [0.1, 0.15) is 0 Å². The Bertz CT molecular complexity index is 440. The third-order valence-corrected chi connectivity index (χ3v) is 2.77.